The number of aryl methyl sites for hydroxylation is 1. The van der Waals surface area contributed by atoms with Crippen molar-refractivity contribution in [3.05, 3.63) is 41.1 Å². The number of hydrogen-bond acceptors (Lipinski definition) is 4. The van der Waals surface area contributed by atoms with Gasteiger partial charge in [-0.1, -0.05) is 25.5 Å². The van der Waals surface area contributed by atoms with Gasteiger partial charge in [-0.15, -0.1) is 0 Å². The maximum absolute atomic E-state index is 12.0. The summed E-state index contributed by atoms with van der Waals surface area (Å²) in [5.41, 5.74) is 3.40. The normalized spacial score (nSPS) is 13.4. The van der Waals surface area contributed by atoms with Gasteiger partial charge in [0.05, 0.1) is 0 Å². The van der Waals surface area contributed by atoms with Gasteiger partial charge in [-0.2, -0.15) is 5.10 Å². The van der Waals surface area contributed by atoms with E-state index in [2.05, 4.69) is 27.8 Å². The topological polar surface area (TPSA) is 79.0 Å². The highest BCUT2D eigenvalue weighted by molar-refractivity contribution is 5.91. The van der Waals surface area contributed by atoms with Crippen LogP contribution in [-0.2, 0) is 24.2 Å². The van der Waals surface area contributed by atoms with E-state index in [0.717, 1.165) is 43.6 Å². The maximum atomic E-state index is 12.0. The van der Waals surface area contributed by atoms with Crippen LogP contribution in [0.5, 0.6) is 5.75 Å². The van der Waals surface area contributed by atoms with E-state index >= 15 is 0 Å². The summed E-state index contributed by atoms with van der Waals surface area (Å²) in [6.45, 7) is 3.78. The number of aromatic amines is 1. The summed E-state index contributed by atoms with van der Waals surface area (Å²) >= 11 is 0. The first-order chi connectivity index (χ1) is 11.3. The highest BCUT2D eigenvalue weighted by Gasteiger charge is 2.18. The Morgan fingerprint density at radius 1 is 1.35 bits per heavy atom. The highest BCUT2D eigenvalue weighted by Crippen LogP contribution is 2.19. The number of anilines is 1. The average Bonchev–Trinajstić information content (AvgIpc) is 2.98. The Bertz CT molecular complexity index is 664. The molecule has 0 radical (unpaired) electrons. The molecule has 6 nitrogen and oxygen atoms in total. The predicted octanol–water partition coefficient (Wildman–Crippen LogP) is 2.03. The van der Waals surface area contributed by atoms with E-state index in [1.807, 2.05) is 24.3 Å². The van der Waals surface area contributed by atoms with Crippen LogP contribution in [0.25, 0.3) is 0 Å². The summed E-state index contributed by atoms with van der Waals surface area (Å²) in [6, 6.07) is 7.87. The molecule has 2 aromatic rings. The zero-order valence-corrected chi connectivity index (χ0v) is 13.3. The SMILES string of the molecule is CCCc1ccc(OCC(=O)Nc2n[nH]c3c2CNCC3)cc1. The molecule has 23 heavy (non-hydrogen) atoms. The molecule has 0 saturated carbocycles. The molecule has 3 rings (SSSR count). The van der Waals surface area contributed by atoms with Crippen molar-refractivity contribution in [1.82, 2.24) is 15.5 Å². The first-order valence-electron chi connectivity index (χ1n) is 8.04. The average molecular weight is 314 g/mol. The molecule has 0 fully saturated rings. The Hall–Kier alpha value is -2.34. The van der Waals surface area contributed by atoms with Crippen LogP contribution >= 0.6 is 0 Å². The molecule has 1 amide bonds. The predicted molar refractivity (Wildman–Crippen MR) is 88.6 cm³/mol. The standard InChI is InChI=1S/C17H22N4O2/c1-2-3-12-4-6-13(7-5-12)23-11-16(22)19-17-14-10-18-9-8-15(14)20-21-17/h4-7,18H,2-3,8-11H2,1H3,(H2,19,20,21,22). The van der Waals surface area contributed by atoms with Crippen molar-refractivity contribution in [2.75, 3.05) is 18.5 Å². The third-order valence-corrected chi connectivity index (χ3v) is 3.90. The largest absolute Gasteiger partial charge is 0.484 e. The third-order valence-electron chi connectivity index (χ3n) is 3.90. The summed E-state index contributed by atoms with van der Waals surface area (Å²) in [5.74, 6) is 1.09. The van der Waals surface area contributed by atoms with Crippen LogP contribution in [0.4, 0.5) is 5.82 Å². The number of H-pyrrole nitrogens is 1. The Labute approximate surface area is 135 Å². The van der Waals surface area contributed by atoms with Gasteiger partial charge >= 0.3 is 0 Å². The Balaban J connectivity index is 1.52. The molecular formula is C17H22N4O2. The number of aromatic nitrogens is 2. The van der Waals surface area contributed by atoms with Crippen LogP contribution in [-0.4, -0.2) is 29.3 Å². The van der Waals surface area contributed by atoms with Gasteiger partial charge in [0.15, 0.2) is 12.4 Å². The zero-order chi connectivity index (χ0) is 16.1. The second-order valence-electron chi connectivity index (χ2n) is 5.69. The van der Waals surface area contributed by atoms with Crippen molar-refractivity contribution in [3.63, 3.8) is 0 Å². The molecule has 0 saturated heterocycles. The van der Waals surface area contributed by atoms with Gasteiger partial charge in [-0.25, -0.2) is 0 Å². The molecule has 6 heteroatoms. The number of carbonyl (C=O) groups excluding carboxylic acids is 1. The maximum Gasteiger partial charge on any atom is 0.263 e. The molecule has 1 aromatic carbocycles. The van der Waals surface area contributed by atoms with E-state index < -0.39 is 0 Å². The van der Waals surface area contributed by atoms with E-state index in [4.69, 9.17) is 4.74 Å². The van der Waals surface area contributed by atoms with Gasteiger partial charge < -0.3 is 15.4 Å². The number of benzene rings is 1. The Kier molecular flexibility index (Phi) is 4.92. The van der Waals surface area contributed by atoms with Crippen LogP contribution in [0, 0.1) is 0 Å². The van der Waals surface area contributed by atoms with Gasteiger partial charge in [0.2, 0.25) is 0 Å². The summed E-state index contributed by atoms with van der Waals surface area (Å²) in [4.78, 5) is 12.0. The van der Waals surface area contributed by atoms with E-state index in [1.165, 1.54) is 5.56 Å². The second-order valence-corrected chi connectivity index (χ2v) is 5.69. The van der Waals surface area contributed by atoms with Crippen LogP contribution in [0.3, 0.4) is 0 Å². The summed E-state index contributed by atoms with van der Waals surface area (Å²) < 4.78 is 5.53. The van der Waals surface area contributed by atoms with Crippen molar-refractivity contribution in [3.8, 4) is 5.75 Å². The number of nitrogens with zero attached hydrogens (tertiary/aromatic N) is 1. The van der Waals surface area contributed by atoms with Crippen LogP contribution in [0.15, 0.2) is 24.3 Å². The smallest absolute Gasteiger partial charge is 0.263 e. The first-order valence-corrected chi connectivity index (χ1v) is 8.04. The van der Waals surface area contributed by atoms with Gasteiger partial charge in [-0.05, 0) is 24.1 Å². The Morgan fingerprint density at radius 2 is 2.17 bits per heavy atom. The first kappa shape index (κ1) is 15.6. The number of hydrogen-bond donors (Lipinski definition) is 3. The lowest BCUT2D eigenvalue weighted by atomic mass is 10.1. The fourth-order valence-electron chi connectivity index (χ4n) is 2.69. The quantitative estimate of drug-likeness (QED) is 0.762. The number of nitrogens with one attached hydrogen (secondary N) is 3. The van der Waals surface area contributed by atoms with E-state index in [-0.39, 0.29) is 12.5 Å². The van der Waals surface area contributed by atoms with Crippen molar-refractivity contribution >= 4 is 11.7 Å². The van der Waals surface area contributed by atoms with Crippen molar-refractivity contribution < 1.29 is 9.53 Å². The monoisotopic (exact) mass is 314 g/mol. The van der Waals surface area contributed by atoms with Gasteiger partial charge in [0.1, 0.15) is 5.75 Å². The fourth-order valence-corrected chi connectivity index (χ4v) is 2.69. The van der Waals surface area contributed by atoms with Crippen LogP contribution in [0.2, 0.25) is 0 Å². The molecule has 0 aliphatic carbocycles. The molecule has 0 unspecified atom stereocenters. The summed E-state index contributed by atoms with van der Waals surface area (Å²) in [5, 5.41) is 13.2. The third kappa shape index (κ3) is 3.90. The van der Waals surface area contributed by atoms with E-state index in [9.17, 15) is 4.79 Å². The molecule has 0 atom stereocenters. The molecular weight excluding hydrogens is 292 g/mol. The van der Waals surface area contributed by atoms with Crippen molar-refractivity contribution in [1.29, 1.82) is 0 Å². The van der Waals surface area contributed by atoms with Crippen LogP contribution in [0.1, 0.15) is 30.2 Å². The molecule has 2 heterocycles. The second kappa shape index (κ2) is 7.28. The molecule has 0 bridgehead atoms. The van der Waals surface area contributed by atoms with E-state index in [0.29, 0.717) is 11.6 Å². The highest BCUT2D eigenvalue weighted by atomic mass is 16.5. The van der Waals surface area contributed by atoms with Crippen molar-refractivity contribution in [2.45, 2.75) is 32.7 Å². The fraction of sp³-hybridized carbons (Fsp3) is 0.412. The number of amides is 1. The zero-order valence-electron chi connectivity index (χ0n) is 13.3. The molecule has 122 valence electrons. The molecule has 1 aliphatic rings. The van der Waals surface area contributed by atoms with Crippen LogP contribution < -0.4 is 15.4 Å². The molecule has 1 aliphatic heterocycles. The minimum absolute atomic E-state index is 0.0256. The Morgan fingerprint density at radius 3 is 2.96 bits per heavy atom. The lowest BCUT2D eigenvalue weighted by molar-refractivity contribution is -0.118. The molecule has 0 spiro atoms. The number of rotatable bonds is 6. The number of ether oxygens (including phenoxy) is 1. The molecule has 3 N–H and O–H groups in total. The molecule has 1 aromatic heterocycles. The lowest BCUT2D eigenvalue weighted by Crippen LogP contribution is -2.25. The minimum Gasteiger partial charge on any atom is -0.484 e. The summed E-state index contributed by atoms with van der Waals surface area (Å²) in [7, 11) is 0. The number of carbonyl (C=O) groups is 1. The van der Waals surface area contributed by atoms with E-state index in [1.54, 1.807) is 0 Å². The van der Waals surface area contributed by atoms with Gasteiger partial charge in [-0.3, -0.25) is 9.89 Å². The number of fused-ring (bicyclic) bond motifs is 1. The minimum atomic E-state index is -0.206. The van der Waals surface area contributed by atoms with Gasteiger partial charge in [0, 0.05) is 30.8 Å². The summed E-state index contributed by atoms with van der Waals surface area (Å²) in [6.07, 6.45) is 3.07. The van der Waals surface area contributed by atoms with Gasteiger partial charge in [0.25, 0.3) is 5.91 Å². The lowest BCUT2D eigenvalue weighted by Gasteiger charge is -2.13. The van der Waals surface area contributed by atoms with Crippen molar-refractivity contribution in [2.24, 2.45) is 0 Å².